The number of hydrogen-bond acceptors (Lipinski definition) is 4. The number of para-hydroxylation sites is 1. The molecule has 0 aliphatic rings. The van der Waals surface area contributed by atoms with Gasteiger partial charge in [-0.15, -0.1) is 0 Å². The molecule has 1 N–H and O–H groups in total. The second kappa shape index (κ2) is 6.84. The van der Waals surface area contributed by atoms with Crippen LogP contribution in [0.1, 0.15) is 11.3 Å². The van der Waals surface area contributed by atoms with Crippen LogP contribution in [0.3, 0.4) is 0 Å². The van der Waals surface area contributed by atoms with E-state index in [0.29, 0.717) is 22.6 Å². The first kappa shape index (κ1) is 16.2. The molecule has 0 aliphatic carbocycles. The Bertz CT molecular complexity index is 957. The van der Waals surface area contributed by atoms with Crippen molar-refractivity contribution in [3.63, 3.8) is 0 Å². The monoisotopic (exact) mass is 335 g/mol. The smallest absolute Gasteiger partial charge is 0.336 e. The summed E-state index contributed by atoms with van der Waals surface area (Å²) in [6.07, 6.45) is 1.40. The van der Waals surface area contributed by atoms with E-state index in [2.05, 4.69) is 0 Å². The zero-order chi connectivity index (χ0) is 17.8. The van der Waals surface area contributed by atoms with Crippen LogP contribution in [-0.4, -0.2) is 16.0 Å². The van der Waals surface area contributed by atoms with Gasteiger partial charge in [0.25, 0.3) is 5.69 Å². The first-order valence-electron chi connectivity index (χ1n) is 7.40. The molecule has 25 heavy (non-hydrogen) atoms. The topological polar surface area (TPSA) is 93.6 Å². The number of nitrogens with zero attached hydrogens (tertiary/aromatic N) is 1. The van der Waals surface area contributed by atoms with Gasteiger partial charge in [0, 0.05) is 6.07 Å². The zero-order valence-electron chi connectivity index (χ0n) is 13.0. The van der Waals surface area contributed by atoms with E-state index >= 15 is 0 Å². The SMILES string of the molecule is O=C(O)/C(=C\c1ccc(-c2ccccc2[N+](=O)[O-])o1)c1ccccc1. The fourth-order valence-electron chi connectivity index (χ4n) is 2.44. The lowest BCUT2D eigenvalue weighted by Crippen LogP contribution is -1.99. The summed E-state index contributed by atoms with van der Waals surface area (Å²) in [6, 6.07) is 18.0. The number of carboxylic acid groups (broad SMARTS) is 1. The summed E-state index contributed by atoms with van der Waals surface area (Å²) in [5.74, 6) is -0.486. The van der Waals surface area contributed by atoms with Crippen LogP contribution in [0.25, 0.3) is 23.0 Å². The highest BCUT2D eigenvalue weighted by Crippen LogP contribution is 2.31. The van der Waals surface area contributed by atoms with Gasteiger partial charge in [-0.25, -0.2) is 4.79 Å². The van der Waals surface area contributed by atoms with Gasteiger partial charge in [-0.3, -0.25) is 10.1 Å². The molecule has 0 fully saturated rings. The molecule has 1 heterocycles. The van der Waals surface area contributed by atoms with Gasteiger partial charge in [0.05, 0.1) is 16.1 Å². The van der Waals surface area contributed by atoms with Gasteiger partial charge in [-0.05, 0) is 29.8 Å². The van der Waals surface area contributed by atoms with Crippen LogP contribution < -0.4 is 0 Å². The highest BCUT2D eigenvalue weighted by atomic mass is 16.6. The molecule has 0 saturated carbocycles. The van der Waals surface area contributed by atoms with Crippen LogP contribution >= 0.6 is 0 Å². The van der Waals surface area contributed by atoms with Crippen molar-refractivity contribution < 1.29 is 19.2 Å². The van der Waals surface area contributed by atoms with E-state index in [0.717, 1.165) is 0 Å². The molecule has 0 aliphatic heterocycles. The number of nitro groups is 1. The summed E-state index contributed by atoms with van der Waals surface area (Å²) < 4.78 is 5.62. The summed E-state index contributed by atoms with van der Waals surface area (Å²) >= 11 is 0. The van der Waals surface area contributed by atoms with Gasteiger partial charge in [-0.2, -0.15) is 0 Å². The molecule has 3 aromatic rings. The second-order valence-corrected chi connectivity index (χ2v) is 5.21. The molecule has 0 spiro atoms. The molecule has 2 aromatic carbocycles. The van der Waals surface area contributed by atoms with Crippen LogP contribution in [0, 0.1) is 10.1 Å². The van der Waals surface area contributed by atoms with Crippen molar-refractivity contribution in [3.8, 4) is 11.3 Å². The highest BCUT2D eigenvalue weighted by Gasteiger charge is 2.17. The molecule has 0 amide bonds. The van der Waals surface area contributed by atoms with Crippen molar-refractivity contribution in [2.24, 2.45) is 0 Å². The normalized spacial score (nSPS) is 11.3. The van der Waals surface area contributed by atoms with Crippen LogP contribution in [0.2, 0.25) is 0 Å². The maximum atomic E-state index is 11.5. The number of carboxylic acids is 1. The van der Waals surface area contributed by atoms with Crippen LogP contribution in [0.4, 0.5) is 5.69 Å². The van der Waals surface area contributed by atoms with Gasteiger partial charge >= 0.3 is 5.97 Å². The number of nitro benzene ring substituents is 1. The minimum atomic E-state index is -1.09. The van der Waals surface area contributed by atoms with Gasteiger partial charge in [0.2, 0.25) is 0 Å². The standard InChI is InChI=1S/C19H13NO5/c21-19(22)16(13-6-2-1-3-7-13)12-14-10-11-18(25-14)15-8-4-5-9-17(15)20(23)24/h1-12H,(H,21,22)/b16-12-. The Balaban J connectivity index is 2.02. The molecule has 6 nitrogen and oxygen atoms in total. The summed E-state index contributed by atoms with van der Waals surface area (Å²) in [5.41, 5.74) is 0.875. The van der Waals surface area contributed by atoms with E-state index in [4.69, 9.17) is 4.42 Å². The second-order valence-electron chi connectivity index (χ2n) is 5.21. The van der Waals surface area contributed by atoms with Gasteiger partial charge < -0.3 is 9.52 Å². The minimum Gasteiger partial charge on any atom is -0.478 e. The Kier molecular flexibility index (Phi) is 4.43. The molecule has 124 valence electrons. The van der Waals surface area contributed by atoms with Crippen LogP contribution in [0.5, 0.6) is 0 Å². The molecule has 3 rings (SSSR count). The summed E-state index contributed by atoms with van der Waals surface area (Å²) in [7, 11) is 0. The molecule has 0 radical (unpaired) electrons. The molecule has 6 heteroatoms. The Morgan fingerprint density at radius 2 is 1.68 bits per heavy atom. The lowest BCUT2D eigenvalue weighted by Gasteiger charge is -2.02. The fourth-order valence-corrected chi connectivity index (χ4v) is 2.44. The number of rotatable bonds is 5. The Morgan fingerprint density at radius 3 is 2.36 bits per heavy atom. The first-order valence-corrected chi connectivity index (χ1v) is 7.40. The lowest BCUT2D eigenvalue weighted by molar-refractivity contribution is -0.384. The number of hydrogen-bond donors (Lipinski definition) is 1. The van der Waals surface area contributed by atoms with E-state index in [-0.39, 0.29) is 11.3 Å². The average Bonchev–Trinajstić information content (AvgIpc) is 3.08. The zero-order valence-corrected chi connectivity index (χ0v) is 13.0. The summed E-state index contributed by atoms with van der Waals surface area (Å²) in [4.78, 5) is 22.2. The molecule has 0 bridgehead atoms. The Morgan fingerprint density at radius 1 is 1.00 bits per heavy atom. The van der Waals surface area contributed by atoms with Crippen molar-refractivity contribution >= 4 is 23.3 Å². The molecule has 0 saturated heterocycles. The summed E-state index contributed by atoms with van der Waals surface area (Å²) in [6.45, 7) is 0. The van der Waals surface area contributed by atoms with Crippen molar-refractivity contribution in [2.45, 2.75) is 0 Å². The third-order valence-electron chi connectivity index (χ3n) is 3.59. The van der Waals surface area contributed by atoms with E-state index < -0.39 is 10.9 Å². The molecule has 0 unspecified atom stereocenters. The maximum absolute atomic E-state index is 11.5. The predicted octanol–water partition coefficient (Wildman–Crippen LogP) is 4.48. The Hall–Kier alpha value is -3.67. The molecule has 1 aromatic heterocycles. The molecule has 0 atom stereocenters. The quantitative estimate of drug-likeness (QED) is 0.421. The van der Waals surface area contributed by atoms with Crippen molar-refractivity contribution in [1.29, 1.82) is 0 Å². The first-order chi connectivity index (χ1) is 12.1. The predicted molar refractivity (Wildman–Crippen MR) is 92.7 cm³/mol. The number of benzene rings is 2. The number of carbonyl (C=O) groups is 1. The maximum Gasteiger partial charge on any atom is 0.336 e. The molecular weight excluding hydrogens is 322 g/mol. The van der Waals surface area contributed by atoms with Gasteiger partial charge in [-0.1, -0.05) is 42.5 Å². The third kappa shape index (κ3) is 3.48. The van der Waals surface area contributed by atoms with E-state index in [1.165, 1.54) is 12.1 Å². The fraction of sp³-hybridized carbons (Fsp3) is 0. The van der Waals surface area contributed by atoms with Crippen molar-refractivity contribution in [3.05, 3.63) is 88.2 Å². The number of aliphatic carboxylic acids is 1. The third-order valence-corrected chi connectivity index (χ3v) is 3.59. The minimum absolute atomic E-state index is 0.0732. The molecular formula is C19H13NO5. The lowest BCUT2D eigenvalue weighted by atomic mass is 10.1. The van der Waals surface area contributed by atoms with Gasteiger partial charge in [0.1, 0.15) is 11.5 Å². The van der Waals surface area contributed by atoms with Crippen LogP contribution in [-0.2, 0) is 4.79 Å². The van der Waals surface area contributed by atoms with Crippen molar-refractivity contribution in [2.75, 3.05) is 0 Å². The largest absolute Gasteiger partial charge is 0.478 e. The van der Waals surface area contributed by atoms with E-state index in [1.54, 1.807) is 60.7 Å². The summed E-state index contributed by atoms with van der Waals surface area (Å²) in [5, 5.41) is 20.6. The van der Waals surface area contributed by atoms with Crippen molar-refractivity contribution in [1.82, 2.24) is 0 Å². The number of furan rings is 1. The van der Waals surface area contributed by atoms with Crippen LogP contribution in [0.15, 0.2) is 71.1 Å². The highest BCUT2D eigenvalue weighted by molar-refractivity contribution is 6.20. The van der Waals surface area contributed by atoms with Gasteiger partial charge in [0.15, 0.2) is 0 Å². The average molecular weight is 335 g/mol. The Labute approximate surface area is 142 Å². The van der Waals surface area contributed by atoms with E-state index in [9.17, 15) is 20.0 Å². The van der Waals surface area contributed by atoms with E-state index in [1.807, 2.05) is 0 Å².